The molecule has 84 valence electrons. The average Bonchev–Trinajstić information content (AvgIpc) is 2.46. The van der Waals surface area contributed by atoms with Gasteiger partial charge in [0.15, 0.2) is 0 Å². The quantitative estimate of drug-likeness (QED) is 0.621. The van der Waals surface area contributed by atoms with Gasteiger partial charge in [0, 0.05) is 11.9 Å². The number of benzene rings is 1. The van der Waals surface area contributed by atoms with Gasteiger partial charge in [-0.3, -0.25) is 9.59 Å². The maximum atomic E-state index is 13.2. The average molecular weight is 307 g/mol. The zero-order valence-electron chi connectivity index (χ0n) is 7.97. The summed E-state index contributed by atoms with van der Waals surface area (Å²) in [4.78, 5) is 24.4. The van der Waals surface area contributed by atoms with Crippen molar-refractivity contribution in [1.29, 1.82) is 0 Å². The normalized spacial score (nSPS) is 14.6. The lowest BCUT2D eigenvalue weighted by molar-refractivity contribution is -0.114. The van der Waals surface area contributed by atoms with Crippen molar-refractivity contribution in [3.05, 3.63) is 28.5 Å². The highest BCUT2D eigenvalue weighted by molar-refractivity contribution is 9.09. The predicted molar refractivity (Wildman–Crippen MR) is 61.9 cm³/mol. The van der Waals surface area contributed by atoms with Crippen LogP contribution in [0.1, 0.15) is 10.4 Å². The number of hydrogen-bond donors (Lipinski definition) is 0. The molecule has 0 bridgehead atoms. The third-order valence-corrected chi connectivity index (χ3v) is 2.97. The number of Topliss-reactive ketones (excluding diaryl/α,β-unsaturated/α-hetero) is 1. The fourth-order valence-electron chi connectivity index (χ4n) is 1.60. The van der Waals surface area contributed by atoms with Crippen molar-refractivity contribution in [2.75, 3.05) is 16.8 Å². The fourth-order valence-corrected chi connectivity index (χ4v) is 2.11. The van der Waals surface area contributed by atoms with Gasteiger partial charge >= 0.3 is 0 Å². The third-order valence-electron chi connectivity index (χ3n) is 2.32. The number of carbonyl (C=O) groups is 2. The maximum Gasteiger partial charge on any atom is 0.299 e. The molecule has 16 heavy (non-hydrogen) atoms. The van der Waals surface area contributed by atoms with Gasteiger partial charge in [-0.25, -0.2) is 4.39 Å². The van der Waals surface area contributed by atoms with Crippen molar-refractivity contribution in [3.63, 3.8) is 0 Å². The van der Waals surface area contributed by atoms with Crippen LogP contribution >= 0.6 is 27.5 Å². The zero-order valence-corrected chi connectivity index (χ0v) is 10.3. The number of rotatable bonds is 2. The molecule has 6 heteroatoms. The molecule has 0 saturated heterocycles. The minimum absolute atomic E-state index is 0.152. The summed E-state index contributed by atoms with van der Waals surface area (Å²) in [7, 11) is 0. The Balaban J connectivity index is 2.56. The summed E-state index contributed by atoms with van der Waals surface area (Å²) >= 11 is 8.73. The first kappa shape index (κ1) is 11.5. The Labute approximate surface area is 104 Å². The molecule has 0 unspecified atom stereocenters. The summed E-state index contributed by atoms with van der Waals surface area (Å²) in [5.74, 6) is -1.92. The number of ketones is 1. The van der Waals surface area contributed by atoms with Crippen molar-refractivity contribution in [1.82, 2.24) is 0 Å². The van der Waals surface area contributed by atoms with Gasteiger partial charge in [0.1, 0.15) is 5.82 Å². The van der Waals surface area contributed by atoms with Gasteiger partial charge in [-0.2, -0.15) is 0 Å². The number of amides is 1. The molecule has 0 fully saturated rings. The largest absolute Gasteiger partial charge is 0.304 e. The van der Waals surface area contributed by atoms with E-state index in [2.05, 4.69) is 15.9 Å². The summed E-state index contributed by atoms with van der Waals surface area (Å²) in [6, 6.07) is 2.31. The van der Waals surface area contributed by atoms with Crippen LogP contribution in [0.15, 0.2) is 12.1 Å². The standard InChI is InChI=1S/C10H6BrClFNO2/c11-1-2-14-8-4-7(13)6(12)3-5(8)9(15)10(14)16/h3-4H,1-2H2. The molecule has 2 rings (SSSR count). The number of nitrogens with zero attached hydrogens (tertiary/aromatic N) is 1. The molecule has 0 spiro atoms. The minimum Gasteiger partial charge on any atom is -0.304 e. The molecule has 1 heterocycles. The van der Waals surface area contributed by atoms with E-state index in [0.717, 1.165) is 6.07 Å². The van der Waals surface area contributed by atoms with Gasteiger partial charge in [-0.15, -0.1) is 0 Å². The van der Waals surface area contributed by atoms with Crippen molar-refractivity contribution >= 4 is 44.9 Å². The number of anilines is 1. The lowest BCUT2D eigenvalue weighted by atomic mass is 10.1. The van der Waals surface area contributed by atoms with Crippen LogP contribution in [0.4, 0.5) is 10.1 Å². The lowest BCUT2D eigenvalue weighted by Gasteiger charge is -2.14. The van der Waals surface area contributed by atoms with Crippen LogP contribution in [-0.2, 0) is 4.79 Å². The third kappa shape index (κ3) is 1.64. The Kier molecular flexibility index (Phi) is 2.99. The van der Waals surface area contributed by atoms with Crippen molar-refractivity contribution < 1.29 is 14.0 Å². The Morgan fingerprint density at radius 1 is 1.38 bits per heavy atom. The molecule has 1 aliphatic rings. The van der Waals surface area contributed by atoms with E-state index in [0.29, 0.717) is 11.9 Å². The Bertz CT molecular complexity index is 492. The van der Waals surface area contributed by atoms with E-state index in [1.165, 1.54) is 11.0 Å². The van der Waals surface area contributed by atoms with E-state index in [9.17, 15) is 14.0 Å². The van der Waals surface area contributed by atoms with Crippen LogP contribution in [0.25, 0.3) is 0 Å². The molecular weight excluding hydrogens is 300 g/mol. The summed E-state index contributed by atoms with van der Waals surface area (Å²) in [6.45, 7) is 0.318. The number of alkyl halides is 1. The second-order valence-electron chi connectivity index (χ2n) is 3.26. The van der Waals surface area contributed by atoms with Crippen LogP contribution in [0.5, 0.6) is 0 Å². The monoisotopic (exact) mass is 305 g/mol. The van der Waals surface area contributed by atoms with E-state index in [1.54, 1.807) is 0 Å². The summed E-state index contributed by atoms with van der Waals surface area (Å²) in [6.07, 6.45) is 0. The fraction of sp³-hybridized carbons (Fsp3) is 0.200. The highest BCUT2D eigenvalue weighted by Gasteiger charge is 2.36. The van der Waals surface area contributed by atoms with Gasteiger partial charge in [0.05, 0.1) is 16.3 Å². The first-order valence-electron chi connectivity index (χ1n) is 4.47. The van der Waals surface area contributed by atoms with Crippen molar-refractivity contribution in [2.45, 2.75) is 0 Å². The SMILES string of the molecule is O=C1C(=O)N(CCBr)c2cc(F)c(Cl)cc21. The molecule has 1 aliphatic heterocycles. The van der Waals surface area contributed by atoms with Crippen LogP contribution in [-0.4, -0.2) is 23.6 Å². The molecule has 0 aromatic heterocycles. The lowest BCUT2D eigenvalue weighted by Crippen LogP contribution is -2.31. The maximum absolute atomic E-state index is 13.2. The molecular formula is C10H6BrClFNO2. The Hall–Kier alpha value is -0.940. The van der Waals surface area contributed by atoms with E-state index in [-0.39, 0.29) is 16.3 Å². The van der Waals surface area contributed by atoms with E-state index in [4.69, 9.17) is 11.6 Å². The number of fused-ring (bicyclic) bond motifs is 1. The molecule has 0 aliphatic carbocycles. The molecule has 1 aromatic rings. The van der Waals surface area contributed by atoms with E-state index < -0.39 is 17.5 Å². The molecule has 0 N–H and O–H groups in total. The number of halogens is 3. The molecule has 0 saturated carbocycles. The first-order chi connectivity index (χ1) is 7.56. The molecule has 3 nitrogen and oxygen atoms in total. The molecule has 1 amide bonds. The van der Waals surface area contributed by atoms with Gasteiger partial charge in [0.2, 0.25) is 0 Å². The van der Waals surface area contributed by atoms with Crippen molar-refractivity contribution in [3.8, 4) is 0 Å². The Morgan fingerprint density at radius 2 is 2.06 bits per heavy atom. The first-order valence-corrected chi connectivity index (χ1v) is 5.97. The summed E-state index contributed by atoms with van der Waals surface area (Å²) < 4.78 is 13.2. The smallest absolute Gasteiger partial charge is 0.299 e. The van der Waals surface area contributed by atoms with Gasteiger partial charge < -0.3 is 4.90 Å². The predicted octanol–water partition coefficient (Wildman–Crippen LogP) is 2.40. The van der Waals surface area contributed by atoms with Crippen LogP contribution in [0.2, 0.25) is 5.02 Å². The number of carbonyl (C=O) groups excluding carboxylic acids is 2. The van der Waals surface area contributed by atoms with Crippen LogP contribution in [0.3, 0.4) is 0 Å². The van der Waals surface area contributed by atoms with E-state index in [1.807, 2.05) is 0 Å². The topological polar surface area (TPSA) is 37.4 Å². The van der Waals surface area contributed by atoms with Gasteiger partial charge in [-0.1, -0.05) is 27.5 Å². The van der Waals surface area contributed by atoms with E-state index >= 15 is 0 Å². The van der Waals surface area contributed by atoms with Crippen molar-refractivity contribution in [2.24, 2.45) is 0 Å². The second kappa shape index (κ2) is 4.14. The summed E-state index contributed by atoms with van der Waals surface area (Å²) in [5.41, 5.74) is 0.453. The Morgan fingerprint density at radius 3 is 2.69 bits per heavy atom. The van der Waals surface area contributed by atoms with Crippen LogP contribution < -0.4 is 4.90 Å². The van der Waals surface area contributed by atoms with Gasteiger partial charge in [-0.05, 0) is 12.1 Å². The molecule has 0 radical (unpaired) electrons. The highest BCUT2D eigenvalue weighted by Crippen LogP contribution is 2.32. The minimum atomic E-state index is -0.642. The van der Waals surface area contributed by atoms with Gasteiger partial charge in [0.25, 0.3) is 11.7 Å². The number of hydrogen-bond acceptors (Lipinski definition) is 2. The zero-order chi connectivity index (χ0) is 11.9. The second-order valence-corrected chi connectivity index (χ2v) is 4.46. The highest BCUT2D eigenvalue weighted by atomic mass is 79.9. The molecule has 0 atom stereocenters. The summed E-state index contributed by atoms with van der Waals surface area (Å²) in [5, 5.41) is 0.357. The molecule has 1 aromatic carbocycles. The van der Waals surface area contributed by atoms with Crippen LogP contribution in [0, 0.1) is 5.82 Å².